The highest BCUT2D eigenvalue weighted by Gasteiger charge is 2.15. The number of thiazole rings is 1. The van der Waals surface area contributed by atoms with Crippen LogP contribution in [0.1, 0.15) is 34.6 Å². The van der Waals surface area contributed by atoms with Gasteiger partial charge in [0.15, 0.2) is 0 Å². The van der Waals surface area contributed by atoms with Crippen molar-refractivity contribution in [3.8, 4) is 5.75 Å². The predicted octanol–water partition coefficient (Wildman–Crippen LogP) is 4.49. The van der Waals surface area contributed by atoms with Gasteiger partial charge in [-0.3, -0.25) is 4.79 Å². The van der Waals surface area contributed by atoms with Crippen molar-refractivity contribution in [3.05, 3.63) is 81.8 Å². The first-order valence-corrected chi connectivity index (χ1v) is 8.83. The molecule has 0 aliphatic heterocycles. The summed E-state index contributed by atoms with van der Waals surface area (Å²) in [5.74, 6) is -1.08. The Morgan fingerprint density at radius 1 is 1.23 bits per heavy atom. The van der Waals surface area contributed by atoms with Crippen LogP contribution in [-0.4, -0.2) is 10.9 Å². The van der Waals surface area contributed by atoms with Crippen LogP contribution in [0.5, 0.6) is 5.75 Å². The SMILES string of the molecule is CC(NC(=O)c1ccc(OCc2cscn2)cc1)c1ccc(F)cc1F. The van der Waals surface area contributed by atoms with Gasteiger partial charge >= 0.3 is 0 Å². The van der Waals surface area contributed by atoms with Gasteiger partial charge in [0.1, 0.15) is 24.0 Å². The number of amides is 1. The lowest BCUT2D eigenvalue weighted by Crippen LogP contribution is -2.27. The molecule has 3 rings (SSSR count). The van der Waals surface area contributed by atoms with Gasteiger partial charge in [-0.05, 0) is 37.3 Å². The van der Waals surface area contributed by atoms with Gasteiger partial charge in [-0.25, -0.2) is 13.8 Å². The van der Waals surface area contributed by atoms with Crippen molar-refractivity contribution in [1.29, 1.82) is 0 Å². The van der Waals surface area contributed by atoms with E-state index in [9.17, 15) is 13.6 Å². The average Bonchev–Trinajstić information content (AvgIpc) is 3.13. The van der Waals surface area contributed by atoms with Crippen LogP contribution in [-0.2, 0) is 6.61 Å². The average molecular weight is 374 g/mol. The van der Waals surface area contributed by atoms with E-state index in [1.165, 1.54) is 17.4 Å². The quantitative estimate of drug-likeness (QED) is 0.692. The molecule has 2 aromatic carbocycles. The van der Waals surface area contributed by atoms with Crippen molar-refractivity contribution in [1.82, 2.24) is 10.3 Å². The molecule has 0 fully saturated rings. The summed E-state index contributed by atoms with van der Waals surface area (Å²) in [5.41, 5.74) is 3.22. The Hall–Kier alpha value is -2.80. The largest absolute Gasteiger partial charge is 0.487 e. The van der Waals surface area contributed by atoms with Gasteiger partial charge in [0.2, 0.25) is 0 Å². The maximum atomic E-state index is 13.8. The zero-order chi connectivity index (χ0) is 18.5. The second kappa shape index (κ2) is 8.05. The number of rotatable bonds is 6. The van der Waals surface area contributed by atoms with Crippen LogP contribution in [0.3, 0.4) is 0 Å². The number of carbonyl (C=O) groups excluding carboxylic acids is 1. The Balaban J connectivity index is 1.60. The molecule has 134 valence electrons. The van der Waals surface area contributed by atoms with Gasteiger partial charge in [0.25, 0.3) is 5.91 Å². The number of hydrogen-bond acceptors (Lipinski definition) is 4. The highest BCUT2D eigenvalue weighted by molar-refractivity contribution is 7.07. The lowest BCUT2D eigenvalue weighted by atomic mass is 10.1. The molecule has 1 aromatic heterocycles. The third-order valence-corrected chi connectivity index (χ3v) is 4.40. The number of nitrogens with zero attached hydrogens (tertiary/aromatic N) is 1. The van der Waals surface area contributed by atoms with Crippen molar-refractivity contribution < 1.29 is 18.3 Å². The van der Waals surface area contributed by atoms with E-state index in [4.69, 9.17) is 4.74 Å². The molecule has 26 heavy (non-hydrogen) atoms. The normalized spacial score (nSPS) is 11.8. The summed E-state index contributed by atoms with van der Waals surface area (Å²) >= 11 is 1.50. The Morgan fingerprint density at radius 2 is 2.00 bits per heavy atom. The van der Waals surface area contributed by atoms with Crippen molar-refractivity contribution in [2.75, 3.05) is 0 Å². The molecule has 0 radical (unpaired) electrons. The third-order valence-electron chi connectivity index (χ3n) is 3.76. The monoisotopic (exact) mass is 374 g/mol. The fraction of sp³-hybridized carbons (Fsp3) is 0.158. The number of benzene rings is 2. The maximum absolute atomic E-state index is 13.8. The standard InChI is InChI=1S/C19H16F2N2O2S/c1-12(17-7-4-14(20)8-18(17)21)23-19(24)13-2-5-16(6-3-13)25-9-15-10-26-11-22-15/h2-8,10-12H,9H2,1H3,(H,23,24). The van der Waals surface area contributed by atoms with E-state index in [-0.39, 0.29) is 11.5 Å². The van der Waals surface area contributed by atoms with E-state index in [0.29, 0.717) is 17.9 Å². The molecular formula is C19H16F2N2O2S. The molecule has 1 unspecified atom stereocenters. The zero-order valence-electron chi connectivity index (χ0n) is 13.9. The molecule has 1 amide bonds. The molecule has 4 nitrogen and oxygen atoms in total. The van der Waals surface area contributed by atoms with Gasteiger partial charge in [-0.1, -0.05) is 6.07 Å². The third kappa shape index (κ3) is 4.43. The first kappa shape index (κ1) is 18.0. The number of hydrogen-bond donors (Lipinski definition) is 1. The molecule has 0 aliphatic carbocycles. The Morgan fingerprint density at radius 3 is 2.65 bits per heavy atom. The van der Waals surface area contributed by atoms with Gasteiger partial charge in [0.05, 0.1) is 17.2 Å². The Bertz CT molecular complexity index is 883. The van der Waals surface area contributed by atoms with Crippen LogP contribution >= 0.6 is 11.3 Å². The Labute approximate surface area is 153 Å². The van der Waals surface area contributed by atoms with Crippen molar-refractivity contribution in [2.24, 2.45) is 0 Å². The predicted molar refractivity (Wildman–Crippen MR) is 95.1 cm³/mol. The first-order valence-electron chi connectivity index (χ1n) is 7.88. The highest BCUT2D eigenvalue weighted by Crippen LogP contribution is 2.19. The van der Waals surface area contributed by atoms with E-state index < -0.39 is 17.7 Å². The van der Waals surface area contributed by atoms with Gasteiger partial charge in [0, 0.05) is 22.6 Å². The fourth-order valence-corrected chi connectivity index (χ4v) is 2.92. The Kier molecular flexibility index (Phi) is 5.58. The minimum absolute atomic E-state index is 0.225. The number of ether oxygens (including phenoxy) is 1. The fourth-order valence-electron chi connectivity index (χ4n) is 2.38. The summed E-state index contributed by atoms with van der Waals surface area (Å²) in [6, 6.07) is 9.31. The second-order valence-corrected chi connectivity index (χ2v) is 6.37. The minimum Gasteiger partial charge on any atom is -0.487 e. The molecule has 0 bridgehead atoms. The summed E-state index contributed by atoms with van der Waals surface area (Å²) in [4.78, 5) is 16.4. The van der Waals surface area contributed by atoms with Gasteiger partial charge < -0.3 is 10.1 Å². The molecule has 0 saturated heterocycles. The molecule has 0 aliphatic rings. The van der Waals surface area contributed by atoms with E-state index >= 15 is 0 Å². The van der Waals surface area contributed by atoms with Crippen LogP contribution in [0.25, 0.3) is 0 Å². The summed E-state index contributed by atoms with van der Waals surface area (Å²) in [7, 11) is 0. The summed E-state index contributed by atoms with van der Waals surface area (Å²) < 4.78 is 32.4. The zero-order valence-corrected chi connectivity index (χ0v) is 14.7. The maximum Gasteiger partial charge on any atom is 0.251 e. The lowest BCUT2D eigenvalue weighted by molar-refractivity contribution is 0.0939. The van der Waals surface area contributed by atoms with Crippen molar-refractivity contribution in [2.45, 2.75) is 19.6 Å². The number of halogens is 2. The van der Waals surface area contributed by atoms with Crippen LogP contribution in [0, 0.1) is 11.6 Å². The van der Waals surface area contributed by atoms with Crippen molar-refractivity contribution in [3.63, 3.8) is 0 Å². The number of carbonyl (C=O) groups is 1. The van der Waals surface area contributed by atoms with E-state index in [2.05, 4.69) is 10.3 Å². The van der Waals surface area contributed by atoms with E-state index in [1.54, 1.807) is 36.7 Å². The number of aromatic nitrogens is 1. The molecule has 0 saturated carbocycles. The molecule has 3 aromatic rings. The van der Waals surface area contributed by atoms with Crippen LogP contribution in [0.4, 0.5) is 8.78 Å². The molecule has 7 heteroatoms. The molecule has 1 heterocycles. The lowest BCUT2D eigenvalue weighted by Gasteiger charge is -2.15. The first-order chi connectivity index (χ1) is 12.5. The molecule has 1 N–H and O–H groups in total. The summed E-state index contributed by atoms with van der Waals surface area (Å²) in [6.07, 6.45) is 0. The highest BCUT2D eigenvalue weighted by atomic mass is 32.1. The smallest absolute Gasteiger partial charge is 0.251 e. The van der Waals surface area contributed by atoms with E-state index in [0.717, 1.165) is 17.8 Å². The van der Waals surface area contributed by atoms with Crippen molar-refractivity contribution >= 4 is 17.2 Å². The summed E-state index contributed by atoms with van der Waals surface area (Å²) in [6.45, 7) is 2.00. The van der Waals surface area contributed by atoms with E-state index in [1.807, 2.05) is 5.38 Å². The number of nitrogens with one attached hydrogen (secondary N) is 1. The summed E-state index contributed by atoms with van der Waals surface area (Å²) in [5, 5.41) is 4.60. The molecular weight excluding hydrogens is 358 g/mol. The topological polar surface area (TPSA) is 51.2 Å². The minimum atomic E-state index is -0.691. The van der Waals surface area contributed by atoms with Gasteiger partial charge in [-0.15, -0.1) is 11.3 Å². The van der Waals surface area contributed by atoms with Crippen LogP contribution < -0.4 is 10.1 Å². The van der Waals surface area contributed by atoms with Crippen LogP contribution in [0.2, 0.25) is 0 Å². The van der Waals surface area contributed by atoms with Gasteiger partial charge in [-0.2, -0.15) is 0 Å². The second-order valence-electron chi connectivity index (χ2n) is 5.65. The van der Waals surface area contributed by atoms with Crippen LogP contribution in [0.15, 0.2) is 53.4 Å². The molecule has 0 spiro atoms. The molecule has 1 atom stereocenters.